The van der Waals surface area contributed by atoms with E-state index in [-0.39, 0.29) is 0 Å². The minimum absolute atomic E-state index is 0.517. The molecule has 0 heteroatoms. The van der Waals surface area contributed by atoms with E-state index < -0.39 is 0 Å². The molecule has 0 bridgehead atoms. The fraction of sp³-hybridized carbons (Fsp3) is 0.333. The van der Waals surface area contributed by atoms with Gasteiger partial charge in [0.1, 0.15) is 0 Å². The molecule has 2 unspecified atom stereocenters. The van der Waals surface area contributed by atoms with Gasteiger partial charge in [-0.25, -0.2) is 0 Å². The van der Waals surface area contributed by atoms with E-state index in [4.69, 9.17) is 0 Å². The molecule has 0 saturated carbocycles. The van der Waals surface area contributed by atoms with Crippen LogP contribution in [0.15, 0.2) is 96.2 Å². The van der Waals surface area contributed by atoms with E-state index in [0.717, 1.165) is 24.8 Å². The average molecular weight is 359 g/mol. The lowest BCUT2D eigenvalue weighted by Crippen LogP contribution is -2.17. The first-order valence-corrected chi connectivity index (χ1v) is 10.3. The molecule has 1 aromatic rings. The van der Waals surface area contributed by atoms with Gasteiger partial charge in [-0.1, -0.05) is 93.3 Å². The minimum atomic E-state index is 0.517. The predicted octanol–water partition coefficient (Wildman–Crippen LogP) is 8.09. The summed E-state index contributed by atoms with van der Waals surface area (Å²) in [7, 11) is 0. The molecule has 0 saturated heterocycles. The quantitative estimate of drug-likeness (QED) is 0.325. The Balaban J connectivity index is 2.35. The second kappa shape index (κ2) is 10.7. The zero-order valence-electron chi connectivity index (χ0n) is 17.4. The van der Waals surface area contributed by atoms with Crippen molar-refractivity contribution in [2.45, 2.75) is 47.0 Å². The second-order valence-corrected chi connectivity index (χ2v) is 7.11. The maximum Gasteiger partial charge on any atom is -0.00587 e. The van der Waals surface area contributed by atoms with Crippen LogP contribution in [0.25, 0.3) is 5.57 Å². The molecule has 0 aliphatic heterocycles. The van der Waals surface area contributed by atoms with E-state index >= 15 is 0 Å². The summed E-state index contributed by atoms with van der Waals surface area (Å²) in [5, 5.41) is 0. The number of hydrogen-bond acceptors (Lipinski definition) is 0. The van der Waals surface area contributed by atoms with Crippen molar-refractivity contribution in [1.82, 2.24) is 0 Å². The number of rotatable bonds is 8. The largest absolute Gasteiger partial charge is 0.0915 e. The lowest BCUT2D eigenvalue weighted by atomic mass is 9.76. The Labute approximate surface area is 166 Å². The van der Waals surface area contributed by atoms with Crippen LogP contribution in [0, 0.1) is 11.8 Å². The van der Waals surface area contributed by atoms with Crippen LogP contribution in [-0.4, -0.2) is 0 Å². The van der Waals surface area contributed by atoms with Crippen LogP contribution >= 0.6 is 0 Å². The van der Waals surface area contributed by atoms with Gasteiger partial charge in [-0.3, -0.25) is 0 Å². The molecule has 0 heterocycles. The Bertz CT molecular complexity index is 766. The van der Waals surface area contributed by atoms with E-state index in [2.05, 4.69) is 107 Å². The third-order valence-electron chi connectivity index (χ3n) is 5.45. The molecule has 0 radical (unpaired) electrons. The van der Waals surface area contributed by atoms with Crippen LogP contribution in [0.1, 0.15) is 52.5 Å². The summed E-state index contributed by atoms with van der Waals surface area (Å²) in [4.78, 5) is 0. The van der Waals surface area contributed by atoms with Crippen molar-refractivity contribution >= 4 is 5.57 Å². The molecule has 142 valence electrons. The fourth-order valence-electron chi connectivity index (χ4n) is 4.02. The maximum atomic E-state index is 4.47. The van der Waals surface area contributed by atoms with E-state index in [1.54, 1.807) is 0 Å². The molecule has 2 rings (SSSR count). The van der Waals surface area contributed by atoms with Crippen molar-refractivity contribution in [2.24, 2.45) is 11.8 Å². The molecule has 1 aromatic carbocycles. The van der Waals surface area contributed by atoms with Crippen molar-refractivity contribution in [3.8, 4) is 0 Å². The van der Waals surface area contributed by atoms with Crippen molar-refractivity contribution in [1.29, 1.82) is 0 Å². The molecule has 2 atom stereocenters. The second-order valence-electron chi connectivity index (χ2n) is 7.11. The van der Waals surface area contributed by atoms with Gasteiger partial charge in [0.15, 0.2) is 0 Å². The summed E-state index contributed by atoms with van der Waals surface area (Å²) in [5.41, 5.74) is 6.47. The van der Waals surface area contributed by atoms with Crippen LogP contribution < -0.4 is 0 Å². The zero-order valence-corrected chi connectivity index (χ0v) is 17.4. The lowest BCUT2D eigenvalue weighted by molar-refractivity contribution is 0.445. The van der Waals surface area contributed by atoms with Gasteiger partial charge in [-0.15, -0.1) is 0 Å². The van der Waals surface area contributed by atoms with Gasteiger partial charge < -0.3 is 0 Å². The smallest absolute Gasteiger partial charge is 0.00587 e. The topological polar surface area (TPSA) is 0 Å². The monoisotopic (exact) mass is 358 g/mol. The first-order valence-electron chi connectivity index (χ1n) is 10.3. The zero-order chi connectivity index (χ0) is 19.6. The van der Waals surface area contributed by atoms with E-state index in [9.17, 15) is 0 Å². The average Bonchev–Trinajstić information content (AvgIpc) is 2.72. The summed E-state index contributed by atoms with van der Waals surface area (Å²) < 4.78 is 0. The molecule has 1 aliphatic carbocycles. The van der Waals surface area contributed by atoms with Gasteiger partial charge >= 0.3 is 0 Å². The highest BCUT2D eigenvalue weighted by atomic mass is 14.3. The van der Waals surface area contributed by atoms with E-state index in [0.29, 0.717) is 11.8 Å². The Morgan fingerprint density at radius 3 is 2.52 bits per heavy atom. The van der Waals surface area contributed by atoms with Gasteiger partial charge in [-0.05, 0) is 72.8 Å². The molecule has 0 N–H and O–H groups in total. The van der Waals surface area contributed by atoms with Crippen LogP contribution in [-0.2, 0) is 0 Å². The maximum absolute atomic E-state index is 4.47. The number of allylic oxidation sites excluding steroid dienone is 11. The normalized spacial score (nSPS) is 19.3. The van der Waals surface area contributed by atoms with Gasteiger partial charge in [-0.2, -0.15) is 0 Å². The summed E-state index contributed by atoms with van der Waals surface area (Å²) in [6.07, 6.45) is 19.1. The van der Waals surface area contributed by atoms with Crippen LogP contribution in [0.5, 0.6) is 0 Å². The number of hydrogen-bond donors (Lipinski definition) is 0. The van der Waals surface area contributed by atoms with Crippen LogP contribution in [0.4, 0.5) is 0 Å². The van der Waals surface area contributed by atoms with E-state index in [1.807, 2.05) is 0 Å². The summed E-state index contributed by atoms with van der Waals surface area (Å²) in [6, 6.07) is 10.7. The van der Waals surface area contributed by atoms with Crippen molar-refractivity contribution in [3.05, 3.63) is 102 Å². The molecule has 0 fully saturated rings. The number of benzene rings is 1. The van der Waals surface area contributed by atoms with Crippen LogP contribution in [0.2, 0.25) is 0 Å². The van der Waals surface area contributed by atoms with E-state index in [1.165, 1.54) is 22.3 Å². The summed E-state index contributed by atoms with van der Waals surface area (Å²) in [5.74, 6) is 1.08. The Morgan fingerprint density at radius 2 is 1.93 bits per heavy atom. The van der Waals surface area contributed by atoms with Crippen molar-refractivity contribution in [3.63, 3.8) is 0 Å². The fourth-order valence-corrected chi connectivity index (χ4v) is 4.02. The first-order chi connectivity index (χ1) is 13.2. The highest BCUT2D eigenvalue weighted by molar-refractivity contribution is 5.79. The molecule has 0 spiro atoms. The summed E-state index contributed by atoms with van der Waals surface area (Å²) >= 11 is 0. The molecule has 0 amide bonds. The molecular weight excluding hydrogens is 324 g/mol. The van der Waals surface area contributed by atoms with Crippen molar-refractivity contribution in [2.75, 3.05) is 0 Å². The van der Waals surface area contributed by atoms with Gasteiger partial charge in [0.25, 0.3) is 0 Å². The Morgan fingerprint density at radius 1 is 1.19 bits per heavy atom. The molecule has 0 aromatic heterocycles. The highest BCUT2D eigenvalue weighted by Gasteiger charge is 2.23. The Kier molecular flexibility index (Phi) is 8.33. The van der Waals surface area contributed by atoms with Crippen molar-refractivity contribution < 1.29 is 0 Å². The molecule has 27 heavy (non-hydrogen) atoms. The standard InChI is InChI=1S/C27H34/c1-6-15-22(7-2)27-19-14-13-18-26(27)21(5)20-23(8-3)25(9-4)24-16-11-10-12-17-24/h6,9-18,20,22,27H,5,7-8,19H2,1-4H3/b15-6?,23-20-,25-9+. The van der Waals surface area contributed by atoms with Gasteiger partial charge in [0, 0.05) is 0 Å². The minimum Gasteiger partial charge on any atom is -0.0915 e. The molecule has 0 nitrogen and oxygen atoms in total. The van der Waals surface area contributed by atoms with Gasteiger partial charge in [0.2, 0.25) is 0 Å². The SMILES string of the molecule is C=C(/C=C(CC)\C(=C/C)c1ccccc1)C1=CC=CCC1C(C=CC)CC. The van der Waals surface area contributed by atoms with Gasteiger partial charge in [0.05, 0.1) is 0 Å². The lowest BCUT2D eigenvalue weighted by Gasteiger charge is -2.28. The Hall–Kier alpha value is -2.34. The third-order valence-corrected chi connectivity index (χ3v) is 5.45. The first kappa shape index (κ1) is 21.0. The third kappa shape index (κ3) is 5.32. The molecular formula is C27H34. The molecule has 1 aliphatic rings. The predicted molar refractivity (Wildman–Crippen MR) is 122 cm³/mol. The van der Waals surface area contributed by atoms with Crippen LogP contribution in [0.3, 0.4) is 0 Å². The highest BCUT2D eigenvalue weighted by Crippen LogP contribution is 2.36. The summed E-state index contributed by atoms with van der Waals surface area (Å²) in [6.45, 7) is 13.2.